The van der Waals surface area contributed by atoms with Gasteiger partial charge in [0.2, 0.25) is 0 Å². The Hall–Kier alpha value is -3.08. The highest BCUT2D eigenvalue weighted by Crippen LogP contribution is 2.30. The predicted octanol–water partition coefficient (Wildman–Crippen LogP) is 1.31. The van der Waals surface area contributed by atoms with Gasteiger partial charge in [-0.25, -0.2) is 0 Å². The molecule has 0 spiro atoms. The topological polar surface area (TPSA) is 179 Å². The summed E-state index contributed by atoms with van der Waals surface area (Å²) in [6.45, 7) is 3.55. The average Bonchev–Trinajstić information content (AvgIpc) is 2.52. The van der Waals surface area contributed by atoms with Crippen LogP contribution in [0.15, 0.2) is 18.2 Å². The number of nitro groups is 2. The second-order valence-electron chi connectivity index (χ2n) is 5.76. The molecule has 11 nitrogen and oxygen atoms in total. The summed E-state index contributed by atoms with van der Waals surface area (Å²) >= 11 is 0. The number of anilines is 1. The summed E-state index contributed by atoms with van der Waals surface area (Å²) in [5, 5.41) is 33.4. The van der Waals surface area contributed by atoms with E-state index in [0.29, 0.717) is 0 Å². The van der Waals surface area contributed by atoms with E-state index < -0.39 is 45.1 Å². The molecule has 4 N–H and O–H groups in total. The second kappa shape index (κ2) is 8.15. The number of Topliss-reactive ketones (excluding diaryl/α,β-unsaturated/α-hetero) is 1. The van der Waals surface area contributed by atoms with E-state index in [1.807, 2.05) is 0 Å². The van der Waals surface area contributed by atoms with Crippen molar-refractivity contribution in [2.24, 2.45) is 11.7 Å². The zero-order valence-corrected chi connectivity index (χ0v) is 13.5. The highest BCUT2D eigenvalue weighted by molar-refractivity contribution is 6.05. The summed E-state index contributed by atoms with van der Waals surface area (Å²) in [5.74, 6) is -2.40. The van der Waals surface area contributed by atoms with E-state index in [0.717, 1.165) is 18.2 Å². The third-order valence-electron chi connectivity index (χ3n) is 3.34. The lowest BCUT2D eigenvalue weighted by Crippen LogP contribution is -2.47. The standard InChI is InChI=1S/C14H18N4O7/c1-7(2)5-10(13(19)12(15)14(20)21)16-9-4-3-8(17(22)23)6-11(9)18(24)25/h3-4,6-7,10,12,16H,5,15H2,1-2H3,(H,20,21)/t10-,12?/m0/s1. The Morgan fingerprint density at radius 3 is 2.28 bits per heavy atom. The number of carboxylic acid groups (broad SMARTS) is 1. The first-order valence-electron chi connectivity index (χ1n) is 7.26. The van der Waals surface area contributed by atoms with E-state index in [1.165, 1.54) is 0 Å². The minimum absolute atomic E-state index is 0.0421. The van der Waals surface area contributed by atoms with Crippen LogP contribution < -0.4 is 11.1 Å². The molecule has 1 aromatic carbocycles. The van der Waals surface area contributed by atoms with Gasteiger partial charge in [0, 0.05) is 6.07 Å². The average molecular weight is 354 g/mol. The van der Waals surface area contributed by atoms with Crippen LogP contribution >= 0.6 is 0 Å². The molecule has 0 fully saturated rings. The summed E-state index contributed by atoms with van der Waals surface area (Å²) in [7, 11) is 0. The van der Waals surface area contributed by atoms with E-state index in [4.69, 9.17) is 10.8 Å². The maximum Gasteiger partial charge on any atom is 0.328 e. The molecule has 136 valence electrons. The molecular formula is C14H18N4O7. The Bertz CT molecular complexity index is 704. The molecule has 1 rings (SSSR count). The Balaban J connectivity index is 3.23. The highest BCUT2D eigenvalue weighted by atomic mass is 16.6. The van der Waals surface area contributed by atoms with Crippen molar-refractivity contribution in [3.05, 3.63) is 38.4 Å². The molecule has 2 atom stereocenters. The summed E-state index contributed by atoms with van der Waals surface area (Å²) in [6.07, 6.45) is 0.175. The van der Waals surface area contributed by atoms with Gasteiger partial charge in [-0.15, -0.1) is 0 Å². The van der Waals surface area contributed by atoms with Gasteiger partial charge in [-0.3, -0.25) is 29.8 Å². The maximum absolute atomic E-state index is 12.2. The minimum Gasteiger partial charge on any atom is -0.480 e. The Morgan fingerprint density at radius 2 is 1.84 bits per heavy atom. The zero-order chi connectivity index (χ0) is 19.3. The molecule has 1 unspecified atom stereocenters. The number of rotatable bonds is 9. The number of nitrogens with zero attached hydrogens (tertiary/aromatic N) is 2. The summed E-state index contributed by atoms with van der Waals surface area (Å²) < 4.78 is 0. The molecule has 11 heteroatoms. The predicted molar refractivity (Wildman–Crippen MR) is 87.2 cm³/mol. The number of carbonyl (C=O) groups is 2. The first-order chi connectivity index (χ1) is 11.5. The number of nitro benzene ring substituents is 2. The van der Waals surface area contributed by atoms with Crippen LogP contribution in [0.25, 0.3) is 0 Å². The van der Waals surface area contributed by atoms with E-state index >= 15 is 0 Å². The van der Waals surface area contributed by atoms with Crippen LogP contribution in [0.1, 0.15) is 20.3 Å². The van der Waals surface area contributed by atoms with Crippen molar-refractivity contribution in [2.45, 2.75) is 32.4 Å². The number of hydrogen-bond acceptors (Lipinski definition) is 8. The fourth-order valence-corrected chi connectivity index (χ4v) is 2.15. The zero-order valence-electron chi connectivity index (χ0n) is 13.5. The molecule has 0 aromatic heterocycles. The monoisotopic (exact) mass is 354 g/mol. The van der Waals surface area contributed by atoms with E-state index in [-0.39, 0.29) is 18.0 Å². The van der Waals surface area contributed by atoms with E-state index in [2.05, 4.69) is 5.32 Å². The van der Waals surface area contributed by atoms with Crippen molar-refractivity contribution in [1.29, 1.82) is 0 Å². The number of nitrogens with one attached hydrogen (secondary N) is 1. The van der Waals surface area contributed by atoms with Gasteiger partial charge in [0.15, 0.2) is 11.8 Å². The van der Waals surface area contributed by atoms with E-state index in [1.54, 1.807) is 13.8 Å². The van der Waals surface area contributed by atoms with Crippen LogP contribution in [0.4, 0.5) is 17.1 Å². The largest absolute Gasteiger partial charge is 0.480 e. The van der Waals surface area contributed by atoms with Gasteiger partial charge in [0.1, 0.15) is 5.69 Å². The van der Waals surface area contributed by atoms with Crippen LogP contribution in [0, 0.1) is 26.1 Å². The molecule has 25 heavy (non-hydrogen) atoms. The first-order valence-corrected chi connectivity index (χ1v) is 7.26. The fraction of sp³-hybridized carbons (Fsp3) is 0.429. The molecule has 1 aromatic rings. The number of aliphatic carboxylic acids is 1. The molecular weight excluding hydrogens is 336 g/mol. The van der Waals surface area contributed by atoms with Crippen molar-refractivity contribution in [3.8, 4) is 0 Å². The van der Waals surface area contributed by atoms with Crippen LogP contribution in [-0.4, -0.2) is 38.8 Å². The number of non-ortho nitro benzene ring substituents is 1. The van der Waals surface area contributed by atoms with Gasteiger partial charge >= 0.3 is 5.97 Å². The van der Waals surface area contributed by atoms with E-state index in [9.17, 15) is 29.8 Å². The smallest absolute Gasteiger partial charge is 0.328 e. The first kappa shape index (κ1) is 20.0. The molecule has 0 aliphatic heterocycles. The van der Waals surface area contributed by atoms with Gasteiger partial charge in [-0.1, -0.05) is 13.8 Å². The van der Waals surface area contributed by atoms with Gasteiger partial charge in [0.05, 0.1) is 22.0 Å². The van der Waals surface area contributed by atoms with Gasteiger partial charge < -0.3 is 16.2 Å². The fourth-order valence-electron chi connectivity index (χ4n) is 2.15. The number of nitrogens with two attached hydrogens (primary N) is 1. The number of ketones is 1. The quantitative estimate of drug-likeness (QED) is 0.335. The third kappa shape index (κ3) is 5.21. The second-order valence-corrected chi connectivity index (χ2v) is 5.76. The SMILES string of the molecule is CC(C)C[C@H](Nc1ccc([N+](=O)[O-])cc1[N+](=O)[O-])C(=O)C(N)C(=O)O. The van der Waals surface area contributed by atoms with Crippen molar-refractivity contribution in [2.75, 3.05) is 5.32 Å². The lowest BCUT2D eigenvalue weighted by molar-refractivity contribution is -0.393. The summed E-state index contributed by atoms with van der Waals surface area (Å²) in [4.78, 5) is 43.4. The van der Waals surface area contributed by atoms with Crippen molar-refractivity contribution >= 4 is 28.8 Å². The molecule has 0 aliphatic rings. The molecule has 0 heterocycles. The maximum atomic E-state index is 12.2. The van der Waals surface area contributed by atoms with Crippen LogP contribution in [0.2, 0.25) is 0 Å². The molecule has 0 aliphatic carbocycles. The lowest BCUT2D eigenvalue weighted by Gasteiger charge is -2.22. The van der Waals surface area contributed by atoms with Crippen LogP contribution in [0.3, 0.4) is 0 Å². The minimum atomic E-state index is -1.78. The Labute approximate surface area is 142 Å². The normalized spacial score (nSPS) is 13.1. The van der Waals surface area contributed by atoms with Gasteiger partial charge in [0.25, 0.3) is 11.4 Å². The number of carbonyl (C=O) groups excluding carboxylic acids is 1. The molecule has 0 amide bonds. The van der Waals surface area contributed by atoms with Crippen LogP contribution in [0.5, 0.6) is 0 Å². The summed E-state index contributed by atoms with van der Waals surface area (Å²) in [6, 6.07) is 0.0303. The van der Waals surface area contributed by atoms with Gasteiger partial charge in [-0.05, 0) is 18.4 Å². The molecule has 0 bridgehead atoms. The lowest BCUT2D eigenvalue weighted by atomic mass is 9.96. The number of benzene rings is 1. The number of hydrogen-bond donors (Lipinski definition) is 3. The van der Waals surface area contributed by atoms with Crippen molar-refractivity contribution in [3.63, 3.8) is 0 Å². The number of carboxylic acids is 1. The Morgan fingerprint density at radius 1 is 1.24 bits per heavy atom. The third-order valence-corrected chi connectivity index (χ3v) is 3.34. The summed E-state index contributed by atoms with van der Waals surface area (Å²) in [5.41, 5.74) is 4.13. The molecule has 0 radical (unpaired) electrons. The molecule has 0 saturated heterocycles. The molecule has 0 saturated carbocycles. The van der Waals surface area contributed by atoms with Crippen molar-refractivity contribution < 1.29 is 24.5 Å². The Kier molecular flexibility index (Phi) is 6.51. The van der Waals surface area contributed by atoms with Gasteiger partial charge in [-0.2, -0.15) is 0 Å². The van der Waals surface area contributed by atoms with Crippen LogP contribution in [-0.2, 0) is 9.59 Å². The highest BCUT2D eigenvalue weighted by Gasteiger charge is 2.31. The van der Waals surface area contributed by atoms with Crippen molar-refractivity contribution in [1.82, 2.24) is 0 Å².